The summed E-state index contributed by atoms with van der Waals surface area (Å²) in [5, 5.41) is 16.2. The van der Waals surface area contributed by atoms with E-state index in [0.717, 1.165) is 5.56 Å². The van der Waals surface area contributed by atoms with Crippen LogP contribution in [0.1, 0.15) is 18.4 Å². The van der Waals surface area contributed by atoms with E-state index in [1.54, 1.807) is 6.26 Å². The summed E-state index contributed by atoms with van der Waals surface area (Å²) in [6, 6.07) is 5.73. The zero-order valence-electron chi connectivity index (χ0n) is 17.7. The maximum atomic E-state index is 12.5. The van der Waals surface area contributed by atoms with Crippen LogP contribution in [0.4, 0.5) is 0 Å². The van der Waals surface area contributed by atoms with Crippen LogP contribution in [0.2, 0.25) is 0 Å². The molecule has 0 fully saturated rings. The minimum Gasteiger partial charge on any atom is -0.480 e. The van der Waals surface area contributed by atoms with Gasteiger partial charge in [0, 0.05) is 0 Å². The molecule has 8 N–H and O–H groups in total. The maximum Gasteiger partial charge on any atom is 0.326 e. The lowest BCUT2D eigenvalue weighted by Gasteiger charge is -2.21. The van der Waals surface area contributed by atoms with Crippen LogP contribution in [0.5, 0.6) is 0 Å². The molecule has 0 saturated carbocycles. The number of carbonyl (C=O) groups excluding carboxylic acids is 4. The fraction of sp³-hybridized carbons (Fsp3) is 0.450. The van der Waals surface area contributed by atoms with Gasteiger partial charge in [-0.25, -0.2) is 4.79 Å². The van der Waals surface area contributed by atoms with Crippen molar-refractivity contribution in [2.24, 2.45) is 11.5 Å². The Kier molecular flexibility index (Phi) is 11.8. The van der Waals surface area contributed by atoms with E-state index in [-0.39, 0.29) is 6.42 Å². The second-order valence-corrected chi connectivity index (χ2v) is 7.97. The highest BCUT2D eigenvalue weighted by molar-refractivity contribution is 7.98. The number of primary amides is 1. The first-order chi connectivity index (χ1) is 15.1. The molecule has 11 nitrogen and oxygen atoms in total. The van der Waals surface area contributed by atoms with Gasteiger partial charge in [-0.1, -0.05) is 30.3 Å². The number of nitrogens with two attached hydrogens (primary N) is 2. The number of rotatable bonds is 14. The summed E-state index contributed by atoms with van der Waals surface area (Å²) in [6.45, 7) is -0.409. The van der Waals surface area contributed by atoms with Crippen molar-refractivity contribution in [2.45, 2.75) is 37.4 Å². The highest BCUT2D eigenvalue weighted by Gasteiger charge is 2.27. The van der Waals surface area contributed by atoms with Crippen LogP contribution < -0.4 is 27.4 Å². The number of hydrogen-bond acceptors (Lipinski definition) is 7. The van der Waals surface area contributed by atoms with Gasteiger partial charge in [-0.15, -0.1) is 0 Å². The number of carbonyl (C=O) groups is 5. The molecule has 3 unspecified atom stereocenters. The first-order valence-electron chi connectivity index (χ1n) is 9.81. The third kappa shape index (κ3) is 10.3. The van der Waals surface area contributed by atoms with Crippen LogP contribution in [-0.2, 0) is 30.4 Å². The van der Waals surface area contributed by atoms with Crippen LogP contribution in [0.25, 0.3) is 0 Å². The second kappa shape index (κ2) is 14.0. The predicted octanol–water partition coefficient (Wildman–Crippen LogP) is -1.64. The monoisotopic (exact) mass is 467 g/mol. The molecule has 0 spiro atoms. The van der Waals surface area contributed by atoms with E-state index in [4.69, 9.17) is 16.6 Å². The summed E-state index contributed by atoms with van der Waals surface area (Å²) in [4.78, 5) is 59.1. The molecule has 0 saturated heterocycles. The molecule has 0 aliphatic heterocycles. The van der Waals surface area contributed by atoms with Crippen LogP contribution >= 0.6 is 11.8 Å². The molecular formula is C20H29N5O6S. The van der Waals surface area contributed by atoms with Crippen LogP contribution in [0, 0.1) is 0 Å². The Morgan fingerprint density at radius 1 is 1.03 bits per heavy atom. The topological polar surface area (TPSA) is 194 Å². The fourth-order valence-corrected chi connectivity index (χ4v) is 3.15. The minimum absolute atomic E-state index is 0.211. The van der Waals surface area contributed by atoms with Gasteiger partial charge in [0.2, 0.25) is 23.6 Å². The number of benzene rings is 1. The zero-order valence-corrected chi connectivity index (χ0v) is 18.5. The summed E-state index contributed by atoms with van der Waals surface area (Å²) in [5.74, 6) is -3.76. The molecule has 0 radical (unpaired) electrons. The average molecular weight is 468 g/mol. The molecule has 0 heterocycles. The van der Waals surface area contributed by atoms with E-state index in [0.29, 0.717) is 12.2 Å². The lowest BCUT2D eigenvalue weighted by atomic mass is 10.1. The van der Waals surface area contributed by atoms with E-state index >= 15 is 0 Å². The smallest absolute Gasteiger partial charge is 0.326 e. The van der Waals surface area contributed by atoms with Crippen molar-refractivity contribution in [1.82, 2.24) is 16.0 Å². The molecular weight excluding hydrogens is 438 g/mol. The number of thioether (sulfide) groups is 1. The van der Waals surface area contributed by atoms with Gasteiger partial charge in [0.1, 0.15) is 12.1 Å². The molecule has 32 heavy (non-hydrogen) atoms. The lowest BCUT2D eigenvalue weighted by molar-refractivity contribution is -0.143. The Hall–Kier alpha value is -3.12. The molecule has 12 heteroatoms. The maximum absolute atomic E-state index is 12.5. The normalized spacial score (nSPS) is 13.3. The number of aliphatic carboxylic acids is 1. The first-order valence-corrected chi connectivity index (χ1v) is 11.2. The van der Waals surface area contributed by atoms with E-state index in [1.165, 1.54) is 11.8 Å². The molecule has 1 aromatic carbocycles. The summed E-state index contributed by atoms with van der Waals surface area (Å²) >= 11 is 1.43. The van der Waals surface area contributed by atoms with Gasteiger partial charge in [0.15, 0.2) is 0 Å². The van der Waals surface area contributed by atoms with E-state index in [1.807, 2.05) is 30.3 Å². The Labute approximate surface area is 190 Å². The van der Waals surface area contributed by atoms with Gasteiger partial charge < -0.3 is 32.5 Å². The number of nitrogens with one attached hydrogen (secondary N) is 3. The molecule has 3 atom stereocenters. The van der Waals surface area contributed by atoms with Crippen LogP contribution in [-0.4, -0.2) is 71.4 Å². The Bertz CT molecular complexity index is 807. The van der Waals surface area contributed by atoms with E-state index in [2.05, 4.69) is 16.0 Å². The van der Waals surface area contributed by atoms with Crippen molar-refractivity contribution in [3.63, 3.8) is 0 Å². The van der Waals surface area contributed by atoms with Crippen molar-refractivity contribution in [3.05, 3.63) is 35.9 Å². The van der Waals surface area contributed by atoms with Gasteiger partial charge in [0.05, 0.1) is 19.0 Å². The molecule has 0 aromatic heterocycles. The van der Waals surface area contributed by atoms with Gasteiger partial charge in [-0.05, 0) is 30.4 Å². The number of carboxylic acid groups (broad SMARTS) is 1. The van der Waals surface area contributed by atoms with Gasteiger partial charge in [0.25, 0.3) is 0 Å². The summed E-state index contributed by atoms with van der Waals surface area (Å²) in [5.41, 5.74) is 11.7. The summed E-state index contributed by atoms with van der Waals surface area (Å²) in [7, 11) is 0. The van der Waals surface area contributed by atoms with Gasteiger partial charge in [-0.3, -0.25) is 19.2 Å². The van der Waals surface area contributed by atoms with Gasteiger partial charge >= 0.3 is 5.97 Å². The van der Waals surface area contributed by atoms with Crippen molar-refractivity contribution in [3.8, 4) is 0 Å². The third-order valence-corrected chi connectivity index (χ3v) is 4.98. The number of amides is 4. The second-order valence-electron chi connectivity index (χ2n) is 6.99. The molecule has 0 bridgehead atoms. The third-order valence-electron chi connectivity index (χ3n) is 4.34. The molecule has 176 valence electrons. The number of hydrogen-bond donors (Lipinski definition) is 6. The van der Waals surface area contributed by atoms with Crippen molar-refractivity contribution >= 4 is 41.4 Å². The standard InChI is InChI=1S/C20H29N5O6S/c1-32-8-7-14(19(29)25-15(20(30)31)10-16(22)26)24-17(27)11-23-18(28)13(21)9-12-5-3-2-4-6-12/h2-6,13-15H,7-11,21H2,1H3,(H2,22,26)(H,23,28)(H,24,27)(H,25,29)(H,30,31). The minimum atomic E-state index is -1.51. The highest BCUT2D eigenvalue weighted by atomic mass is 32.2. The first kappa shape index (κ1) is 26.9. The largest absolute Gasteiger partial charge is 0.480 e. The predicted molar refractivity (Wildman–Crippen MR) is 119 cm³/mol. The van der Waals surface area contributed by atoms with Crippen molar-refractivity contribution in [2.75, 3.05) is 18.6 Å². The Morgan fingerprint density at radius 3 is 2.25 bits per heavy atom. The molecule has 4 amide bonds. The molecule has 0 aliphatic carbocycles. The molecule has 1 aromatic rings. The number of carboxylic acids is 1. The van der Waals surface area contributed by atoms with Crippen LogP contribution in [0.15, 0.2) is 30.3 Å². The highest BCUT2D eigenvalue weighted by Crippen LogP contribution is 2.04. The van der Waals surface area contributed by atoms with Crippen LogP contribution in [0.3, 0.4) is 0 Å². The van der Waals surface area contributed by atoms with Crippen molar-refractivity contribution < 1.29 is 29.1 Å². The quantitative estimate of drug-likeness (QED) is 0.187. The average Bonchev–Trinajstić information content (AvgIpc) is 2.74. The van der Waals surface area contributed by atoms with E-state index < -0.39 is 60.7 Å². The zero-order chi connectivity index (χ0) is 24.1. The molecule has 0 aliphatic rings. The Morgan fingerprint density at radius 2 is 1.69 bits per heavy atom. The lowest BCUT2D eigenvalue weighted by Crippen LogP contribution is -2.54. The summed E-state index contributed by atoms with van der Waals surface area (Å²) in [6.07, 6.45) is 1.73. The van der Waals surface area contributed by atoms with E-state index in [9.17, 15) is 24.0 Å². The van der Waals surface area contributed by atoms with Crippen molar-refractivity contribution in [1.29, 1.82) is 0 Å². The fourth-order valence-electron chi connectivity index (χ4n) is 2.68. The SMILES string of the molecule is CSCCC(NC(=O)CNC(=O)C(N)Cc1ccccc1)C(=O)NC(CC(N)=O)C(=O)O. The Balaban J connectivity index is 2.62. The summed E-state index contributed by atoms with van der Waals surface area (Å²) < 4.78 is 0. The van der Waals surface area contributed by atoms with Gasteiger partial charge in [-0.2, -0.15) is 11.8 Å². The molecule has 1 rings (SSSR count).